The number of amides is 1. The fraction of sp³-hybridized carbons (Fsp3) is 0.118. The molecule has 0 radical (unpaired) electrons. The van der Waals surface area contributed by atoms with Crippen LogP contribution in [0, 0.1) is 5.82 Å². The third-order valence-corrected chi connectivity index (χ3v) is 5.19. The number of thioether (sulfide) groups is 1. The first-order chi connectivity index (χ1) is 12.1. The van der Waals surface area contributed by atoms with Crippen LogP contribution in [-0.4, -0.2) is 21.4 Å². The first-order valence-corrected chi connectivity index (χ1v) is 9.18. The van der Waals surface area contributed by atoms with Gasteiger partial charge >= 0.3 is 0 Å². The molecule has 0 aliphatic rings. The molecule has 0 spiro atoms. The van der Waals surface area contributed by atoms with Gasteiger partial charge in [-0.05, 0) is 37.3 Å². The van der Waals surface area contributed by atoms with Crippen molar-refractivity contribution in [2.24, 2.45) is 0 Å². The van der Waals surface area contributed by atoms with Crippen molar-refractivity contribution in [1.82, 2.24) is 10.2 Å². The first kappa shape index (κ1) is 17.4. The van der Waals surface area contributed by atoms with Gasteiger partial charge in [0.15, 0.2) is 4.34 Å². The molecule has 3 rings (SSSR count). The van der Waals surface area contributed by atoms with E-state index >= 15 is 0 Å². The number of anilines is 3. The highest BCUT2D eigenvalue weighted by Gasteiger charge is 2.17. The zero-order chi connectivity index (χ0) is 17.6. The standard InChI is InChI=1S/C17H15FN4OS2/c1-11(15(23)19-14-9-5-6-12(18)10-14)24-17-22-21-16(25-17)20-13-7-3-2-4-8-13/h2-11H,1H3,(H,19,23)(H,20,21)/t11-/m0/s1. The summed E-state index contributed by atoms with van der Waals surface area (Å²) >= 11 is 2.68. The van der Waals surface area contributed by atoms with Crippen molar-refractivity contribution in [3.05, 3.63) is 60.4 Å². The quantitative estimate of drug-likeness (QED) is 0.620. The van der Waals surface area contributed by atoms with Gasteiger partial charge in [0.05, 0.1) is 5.25 Å². The second-order valence-electron chi connectivity index (χ2n) is 5.12. The summed E-state index contributed by atoms with van der Waals surface area (Å²) in [7, 11) is 0. The Morgan fingerprint density at radius 2 is 1.88 bits per heavy atom. The average molecular weight is 374 g/mol. The van der Waals surface area contributed by atoms with Crippen LogP contribution in [0.4, 0.5) is 20.9 Å². The monoisotopic (exact) mass is 374 g/mol. The number of rotatable bonds is 6. The molecule has 128 valence electrons. The van der Waals surface area contributed by atoms with E-state index in [1.807, 2.05) is 30.3 Å². The third-order valence-electron chi connectivity index (χ3n) is 3.17. The molecule has 25 heavy (non-hydrogen) atoms. The fourth-order valence-corrected chi connectivity index (χ4v) is 3.88. The van der Waals surface area contributed by atoms with Gasteiger partial charge < -0.3 is 10.6 Å². The van der Waals surface area contributed by atoms with Crippen LogP contribution in [0.1, 0.15) is 6.92 Å². The molecule has 8 heteroatoms. The Kier molecular flexibility index (Phi) is 5.62. The van der Waals surface area contributed by atoms with Crippen molar-refractivity contribution in [3.8, 4) is 0 Å². The van der Waals surface area contributed by atoms with Crippen molar-refractivity contribution < 1.29 is 9.18 Å². The summed E-state index contributed by atoms with van der Waals surface area (Å²) in [5, 5.41) is 14.3. The van der Waals surface area contributed by atoms with Crippen molar-refractivity contribution in [3.63, 3.8) is 0 Å². The lowest BCUT2D eigenvalue weighted by atomic mass is 10.3. The molecular formula is C17H15FN4OS2. The highest BCUT2D eigenvalue weighted by molar-refractivity contribution is 8.02. The molecule has 1 heterocycles. The van der Waals surface area contributed by atoms with E-state index in [1.165, 1.54) is 35.2 Å². The predicted molar refractivity (Wildman–Crippen MR) is 100.0 cm³/mol. The maximum Gasteiger partial charge on any atom is 0.237 e. The molecule has 2 N–H and O–H groups in total. The summed E-state index contributed by atoms with van der Waals surface area (Å²) in [6.07, 6.45) is 0. The van der Waals surface area contributed by atoms with Crippen LogP contribution >= 0.6 is 23.1 Å². The molecule has 0 aliphatic carbocycles. The lowest BCUT2D eigenvalue weighted by molar-refractivity contribution is -0.115. The molecule has 5 nitrogen and oxygen atoms in total. The normalized spacial score (nSPS) is 11.8. The maximum atomic E-state index is 13.2. The summed E-state index contributed by atoms with van der Waals surface area (Å²) in [6, 6.07) is 15.5. The molecule has 1 aromatic heterocycles. The van der Waals surface area contributed by atoms with Crippen LogP contribution in [-0.2, 0) is 4.79 Å². The molecule has 0 saturated carbocycles. The lowest BCUT2D eigenvalue weighted by Crippen LogP contribution is -2.22. The first-order valence-electron chi connectivity index (χ1n) is 7.49. The molecule has 0 aliphatic heterocycles. The summed E-state index contributed by atoms with van der Waals surface area (Å²) in [5.74, 6) is -0.609. The number of halogens is 1. The van der Waals surface area contributed by atoms with E-state index in [-0.39, 0.29) is 17.0 Å². The maximum absolute atomic E-state index is 13.2. The van der Waals surface area contributed by atoms with E-state index in [0.29, 0.717) is 15.2 Å². The molecule has 1 atom stereocenters. The van der Waals surface area contributed by atoms with E-state index in [0.717, 1.165) is 5.69 Å². The van der Waals surface area contributed by atoms with Gasteiger partial charge in [-0.3, -0.25) is 4.79 Å². The van der Waals surface area contributed by atoms with E-state index in [2.05, 4.69) is 20.8 Å². The summed E-state index contributed by atoms with van der Waals surface area (Å²) in [6.45, 7) is 1.77. The smallest absolute Gasteiger partial charge is 0.237 e. The summed E-state index contributed by atoms with van der Waals surface area (Å²) in [4.78, 5) is 12.2. The van der Waals surface area contributed by atoms with Crippen molar-refractivity contribution in [2.75, 3.05) is 10.6 Å². The Bertz CT molecular complexity index is 857. The number of aromatic nitrogens is 2. The Labute approximate surface area is 152 Å². The minimum atomic E-state index is -0.390. The van der Waals surface area contributed by atoms with Gasteiger partial charge in [0.25, 0.3) is 0 Å². The van der Waals surface area contributed by atoms with Crippen LogP contribution in [0.2, 0.25) is 0 Å². The Balaban J connectivity index is 1.57. The minimum Gasteiger partial charge on any atom is -0.330 e. The molecule has 2 aromatic carbocycles. The van der Waals surface area contributed by atoms with Crippen LogP contribution in [0.25, 0.3) is 0 Å². The molecule has 0 fully saturated rings. The molecule has 0 unspecified atom stereocenters. The van der Waals surface area contributed by atoms with Gasteiger partial charge in [-0.2, -0.15) is 0 Å². The minimum absolute atomic E-state index is 0.219. The second kappa shape index (κ2) is 8.09. The topological polar surface area (TPSA) is 66.9 Å². The van der Waals surface area contributed by atoms with Gasteiger partial charge in [0.2, 0.25) is 11.0 Å². The molecular weight excluding hydrogens is 359 g/mol. The summed E-state index contributed by atoms with van der Waals surface area (Å²) < 4.78 is 13.8. The third kappa shape index (κ3) is 5.01. The fourth-order valence-electron chi connectivity index (χ4n) is 1.97. The number of para-hydroxylation sites is 1. The van der Waals surface area contributed by atoms with E-state index in [9.17, 15) is 9.18 Å². The summed E-state index contributed by atoms with van der Waals surface area (Å²) in [5.41, 5.74) is 1.35. The number of carbonyl (C=O) groups excluding carboxylic acids is 1. The Hall–Kier alpha value is -2.45. The van der Waals surface area contributed by atoms with Crippen molar-refractivity contribution >= 4 is 45.5 Å². The van der Waals surface area contributed by atoms with Gasteiger partial charge in [-0.15, -0.1) is 10.2 Å². The van der Waals surface area contributed by atoms with Gasteiger partial charge in [-0.25, -0.2) is 4.39 Å². The average Bonchev–Trinajstić information content (AvgIpc) is 3.02. The van der Waals surface area contributed by atoms with E-state index < -0.39 is 0 Å². The highest BCUT2D eigenvalue weighted by atomic mass is 32.2. The number of hydrogen-bond donors (Lipinski definition) is 2. The zero-order valence-corrected chi connectivity index (χ0v) is 14.9. The zero-order valence-electron chi connectivity index (χ0n) is 13.3. The number of nitrogens with one attached hydrogen (secondary N) is 2. The lowest BCUT2D eigenvalue weighted by Gasteiger charge is -2.10. The number of benzene rings is 2. The molecule has 1 amide bonds. The highest BCUT2D eigenvalue weighted by Crippen LogP contribution is 2.30. The van der Waals surface area contributed by atoms with Gasteiger partial charge in [0, 0.05) is 11.4 Å². The number of nitrogens with zero attached hydrogens (tertiary/aromatic N) is 2. The van der Waals surface area contributed by atoms with Crippen molar-refractivity contribution in [2.45, 2.75) is 16.5 Å². The molecule has 3 aromatic rings. The number of carbonyl (C=O) groups is 1. The Morgan fingerprint density at radius 3 is 2.64 bits per heavy atom. The van der Waals surface area contributed by atoms with Crippen LogP contribution in [0.3, 0.4) is 0 Å². The SMILES string of the molecule is C[C@H](Sc1nnc(Nc2ccccc2)s1)C(=O)Nc1cccc(F)c1. The van der Waals surface area contributed by atoms with Gasteiger partial charge in [0.1, 0.15) is 5.82 Å². The second-order valence-corrected chi connectivity index (χ2v) is 7.69. The molecule has 0 saturated heterocycles. The van der Waals surface area contributed by atoms with Crippen LogP contribution in [0.5, 0.6) is 0 Å². The largest absolute Gasteiger partial charge is 0.330 e. The number of hydrogen-bond acceptors (Lipinski definition) is 6. The van der Waals surface area contributed by atoms with Crippen LogP contribution < -0.4 is 10.6 Å². The van der Waals surface area contributed by atoms with Crippen LogP contribution in [0.15, 0.2) is 58.9 Å². The van der Waals surface area contributed by atoms with E-state index in [1.54, 1.807) is 19.1 Å². The van der Waals surface area contributed by atoms with E-state index in [4.69, 9.17) is 0 Å². The Morgan fingerprint density at radius 1 is 1.12 bits per heavy atom. The van der Waals surface area contributed by atoms with Gasteiger partial charge in [-0.1, -0.05) is 47.4 Å². The predicted octanol–water partition coefficient (Wildman–Crippen LogP) is 4.54. The molecule has 0 bridgehead atoms. The van der Waals surface area contributed by atoms with Crippen molar-refractivity contribution in [1.29, 1.82) is 0 Å².